The van der Waals surface area contributed by atoms with E-state index in [1.807, 2.05) is 0 Å². The number of esters is 3. The molecule has 0 N–H and O–H groups in total. The zero-order valence-electron chi connectivity index (χ0n) is 47.8. The van der Waals surface area contributed by atoms with E-state index in [-0.39, 0.29) is 31.1 Å². The third kappa shape index (κ3) is 57.3. The molecule has 0 radical (unpaired) electrons. The number of hydrogen-bond donors (Lipinski definition) is 0. The SMILES string of the molecule is CCCCCCCCCCCCCCCCCCCCCCCCCCCCCCCCCCC(=O)OCC(COC(=O)CCCCCCCCCCCC)OC(=O)CCCCCCCCCCCC. The van der Waals surface area contributed by atoms with Gasteiger partial charge in [0, 0.05) is 19.3 Å². The lowest BCUT2D eigenvalue weighted by Gasteiger charge is -2.18. The van der Waals surface area contributed by atoms with Crippen LogP contribution in [0.15, 0.2) is 0 Å². The van der Waals surface area contributed by atoms with Crippen molar-refractivity contribution >= 4 is 17.9 Å². The summed E-state index contributed by atoms with van der Waals surface area (Å²) < 4.78 is 16.8. The van der Waals surface area contributed by atoms with E-state index >= 15 is 0 Å². The Hall–Kier alpha value is -1.59. The van der Waals surface area contributed by atoms with Crippen molar-refractivity contribution in [1.82, 2.24) is 0 Å². The largest absolute Gasteiger partial charge is 0.462 e. The van der Waals surface area contributed by atoms with Gasteiger partial charge in [-0.1, -0.05) is 335 Å². The van der Waals surface area contributed by atoms with E-state index in [0.717, 1.165) is 57.8 Å². The van der Waals surface area contributed by atoms with Gasteiger partial charge >= 0.3 is 17.9 Å². The minimum absolute atomic E-state index is 0.0617. The first-order valence-corrected chi connectivity index (χ1v) is 32.0. The molecule has 6 heteroatoms. The van der Waals surface area contributed by atoms with Crippen molar-refractivity contribution in [2.75, 3.05) is 13.2 Å². The summed E-state index contributed by atoms with van der Waals surface area (Å²) in [6.07, 6.45) is 68.7. The van der Waals surface area contributed by atoms with Gasteiger partial charge in [0.15, 0.2) is 6.10 Å². The molecular formula is C64H124O6. The number of rotatable bonds is 60. The minimum atomic E-state index is -0.760. The predicted molar refractivity (Wildman–Crippen MR) is 303 cm³/mol. The average Bonchev–Trinajstić information content (AvgIpc) is 3.36. The third-order valence-corrected chi connectivity index (χ3v) is 14.9. The summed E-state index contributed by atoms with van der Waals surface area (Å²) in [4.78, 5) is 38.0. The number of hydrogen-bond acceptors (Lipinski definition) is 6. The fraction of sp³-hybridized carbons (Fsp3) is 0.953. The summed E-state index contributed by atoms with van der Waals surface area (Å²) in [5, 5.41) is 0. The zero-order chi connectivity index (χ0) is 50.7. The number of unbranched alkanes of at least 4 members (excludes halogenated alkanes) is 49. The lowest BCUT2D eigenvalue weighted by molar-refractivity contribution is -0.167. The minimum Gasteiger partial charge on any atom is -0.462 e. The van der Waals surface area contributed by atoms with Gasteiger partial charge in [-0.05, 0) is 19.3 Å². The Labute approximate surface area is 438 Å². The summed E-state index contributed by atoms with van der Waals surface area (Å²) in [7, 11) is 0. The van der Waals surface area contributed by atoms with E-state index in [0.29, 0.717) is 19.3 Å². The van der Waals surface area contributed by atoms with Crippen LogP contribution in [0.25, 0.3) is 0 Å². The topological polar surface area (TPSA) is 78.9 Å². The number of carbonyl (C=O) groups is 3. The van der Waals surface area contributed by atoms with Crippen molar-refractivity contribution in [2.45, 2.75) is 380 Å². The van der Waals surface area contributed by atoms with Gasteiger partial charge in [-0.2, -0.15) is 0 Å². The second-order valence-corrected chi connectivity index (χ2v) is 22.1. The highest BCUT2D eigenvalue weighted by Gasteiger charge is 2.19. The van der Waals surface area contributed by atoms with Crippen LogP contribution in [0.5, 0.6) is 0 Å². The van der Waals surface area contributed by atoms with Gasteiger partial charge in [0.2, 0.25) is 0 Å². The Morgan fingerprint density at radius 2 is 0.386 bits per heavy atom. The van der Waals surface area contributed by atoms with Gasteiger partial charge in [0.25, 0.3) is 0 Å². The van der Waals surface area contributed by atoms with E-state index in [2.05, 4.69) is 20.8 Å². The summed E-state index contributed by atoms with van der Waals surface area (Å²) in [6.45, 7) is 6.68. The first kappa shape index (κ1) is 68.4. The fourth-order valence-electron chi connectivity index (χ4n) is 10.0. The van der Waals surface area contributed by atoms with Gasteiger partial charge in [-0.25, -0.2) is 0 Å². The molecule has 70 heavy (non-hydrogen) atoms. The van der Waals surface area contributed by atoms with Crippen LogP contribution in [-0.2, 0) is 28.6 Å². The molecule has 0 rings (SSSR count). The maximum absolute atomic E-state index is 12.8. The second-order valence-electron chi connectivity index (χ2n) is 22.1. The molecule has 0 aromatic rings. The van der Waals surface area contributed by atoms with Crippen molar-refractivity contribution in [3.8, 4) is 0 Å². The van der Waals surface area contributed by atoms with Gasteiger partial charge in [-0.3, -0.25) is 14.4 Å². The van der Waals surface area contributed by atoms with Gasteiger partial charge in [0.05, 0.1) is 0 Å². The molecule has 0 saturated carbocycles. The fourth-order valence-corrected chi connectivity index (χ4v) is 10.0. The molecule has 0 aliphatic carbocycles. The molecule has 1 atom stereocenters. The van der Waals surface area contributed by atoms with Crippen LogP contribution in [0.2, 0.25) is 0 Å². The normalized spacial score (nSPS) is 11.9. The Balaban J connectivity index is 3.91. The standard InChI is InChI=1S/C64H124O6/c1-4-7-10-13-16-19-22-23-24-25-26-27-28-29-30-31-32-33-34-35-36-37-38-39-40-41-42-43-46-48-51-54-57-63(66)69-60-61(70-64(67)58-55-52-49-45-21-18-15-12-9-6-3)59-68-62(65)56-53-50-47-44-20-17-14-11-8-5-2/h61H,4-60H2,1-3H3. The van der Waals surface area contributed by atoms with Crippen molar-refractivity contribution in [1.29, 1.82) is 0 Å². The van der Waals surface area contributed by atoms with E-state index in [4.69, 9.17) is 14.2 Å². The molecule has 0 heterocycles. The van der Waals surface area contributed by atoms with Crippen LogP contribution < -0.4 is 0 Å². The van der Waals surface area contributed by atoms with Crippen LogP contribution in [0.1, 0.15) is 374 Å². The Morgan fingerprint density at radius 1 is 0.229 bits per heavy atom. The molecule has 1 unspecified atom stereocenters. The molecule has 0 spiro atoms. The molecule has 0 fully saturated rings. The van der Waals surface area contributed by atoms with Crippen LogP contribution in [0.3, 0.4) is 0 Å². The van der Waals surface area contributed by atoms with Crippen molar-refractivity contribution < 1.29 is 28.6 Å². The molecule has 0 saturated heterocycles. The highest BCUT2D eigenvalue weighted by atomic mass is 16.6. The quantitative estimate of drug-likeness (QED) is 0.0343. The van der Waals surface area contributed by atoms with E-state index in [1.54, 1.807) is 0 Å². The van der Waals surface area contributed by atoms with E-state index in [9.17, 15) is 14.4 Å². The third-order valence-electron chi connectivity index (χ3n) is 14.9. The van der Waals surface area contributed by atoms with E-state index < -0.39 is 6.10 Å². The van der Waals surface area contributed by atoms with Crippen LogP contribution in [-0.4, -0.2) is 37.2 Å². The van der Waals surface area contributed by atoms with Crippen molar-refractivity contribution in [2.24, 2.45) is 0 Å². The average molecular weight is 990 g/mol. The van der Waals surface area contributed by atoms with Gasteiger partial charge < -0.3 is 14.2 Å². The Kier molecular flexibility index (Phi) is 58.6. The van der Waals surface area contributed by atoms with Gasteiger partial charge in [0.1, 0.15) is 13.2 Å². The maximum Gasteiger partial charge on any atom is 0.306 e. The summed E-state index contributed by atoms with van der Waals surface area (Å²) in [5.41, 5.74) is 0. The molecule has 0 aromatic heterocycles. The molecule has 0 aromatic carbocycles. The first-order chi connectivity index (χ1) is 34.5. The lowest BCUT2D eigenvalue weighted by atomic mass is 10.0. The summed E-state index contributed by atoms with van der Waals surface area (Å²) in [6, 6.07) is 0. The second kappa shape index (κ2) is 60.0. The number of ether oxygens (including phenoxy) is 3. The lowest BCUT2D eigenvalue weighted by Crippen LogP contribution is -2.30. The molecule has 0 aliphatic rings. The van der Waals surface area contributed by atoms with Crippen molar-refractivity contribution in [3.05, 3.63) is 0 Å². The monoisotopic (exact) mass is 989 g/mol. The molecule has 0 aliphatic heterocycles. The van der Waals surface area contributed by atoms with Crippen LogP contribution in [0, 0.1) is 0 Å². The molecule has 0 amide bonds. The van der Waals surface area contributed by atoms with Gasteiger partial charge in [-0.15, -0.1) is 0 Å². The summed E-state index contributed by atoms with van der Waals surface area (Å²) >= 11 is 0. The van der Waals surface area contributed by atoms with Crippen LogP contribution in [0.4, 0.5) is 0 Å². The smallest absolute Gasteiger partial charge is 0.306 e. The Bertz CT molecular complexity index is 1040. The summed E-state index contributed by atoms with van der Waals surface area (Å²) in [5.74, 6) is -0.839. The zero-order valence-corrected chi connectivity index (χ0v) is 47.8. The Morgan fingerprint density at radius 3 is 0.571 bits per heavy atom. The molecular weight excluding hydrogens is 865 g/mol. The van der Waals surface area contributed by atoms with E-state index in [1.165, 1.54) is 276 Å². The van der Waals surface area contributed by atoms with Crippen molar-refractivity contribution in [3.63, 3.8) is 0 Å². The first-order valence-electron chi connectivity index (χ1n) is 32.0. The molecule has 0 bridgehead atoms. The van der Waals surface area contributed by atoms with Crippen LogP contribution >= 0.6 is 0 Å². The maximum atomic E-state index is 12.8. The number of carbonyl (C=O) groups excluding carboxylic acids is 3. The molecule has 6 nitrogen and oxygen atoms in total. The molecule has 416 valence electrons. The highest BCUT2D eigenvalue weighted by Crippen LogP contribution is 2.19. The highest BCUT2D eigenvalue weighted by molar-refractivity contribution is 5.71. The predicted octanol–water partition coefficient (Wildman–Crippen LogP) is 21.5.